The molecule has 0 aliphatic rings. The number of methoxy groups -OCH3 is 1. The molecule has 0 spiro atoms. The molecular weight excluding hydrogens is 443 g/mol. The third-order valence-corrected chi connectivity index (χ3v) is 5.31. The van der Waals surface area contributed by atoms with Crippen LogP contribution >= 0.6 is 11.6 Å². The number of halogens is 2. The van der Waals surface area contributed by atoms with E-state index in [0.717, 1.165) is 28.4 Å². The van der Waals surface area contributed by atoms with E-state index in [0.29, 0.717) is 23.7 Å². The van der Waals surface area contributed by atoms with Gasteiger partial charge in [-0.2, -0.15) is 5.10 Å². The van der Waals surface area contributed by atoms with E-state index in [1.165, 1.54) is 12.1 Å². The van der Waals surface area contributed by atoms with Gasteiger partial charge in [0.25, 0.3) is 0 Å². The Morgan fingerprint density at radius 2 is 1.94 bits per heavy atom. The Bertz CT molecular complexity index is 1240. The molecule has 6 nitrogen and oxygen atoms in total. The number of benzene rings is 2. The fourth-order valence-corrected chi connectivity index (χ4v) is 3.48. The molecule has 1 amide bonds. The highest BCUT2D eigenvalue weighted by Gasteiger charge is 2.14. The number of rotatable bonds is 8. The topological polar surface area (TPSA) is 69.0 Å². The zero-order valence-electron chi connectivity index (χ0n) is 18.0. The number of carbonyl (C=O) groups is 1. The van der Waals surface area contributed by atoms with Crippen LogP contribution in [0.2, 0.25) is 5.15 Å². The first-order chi connectivity index (χ1) is 16.0. The number of aryl methyl sites for hydroxylation is 1. The maximum atomic E-state index is 13.9. The third kappa shape index (κ3) is 5.75. The third-order valence-electron chi connectivity index (χ3n) is 5.08. The smallest absolute Gasteiger partial charge is 0.220 e. The largest absolute Gasteiger partial charge is 0.497 e. The van der Waals surface area contributed by atoms with Crippen LogP contribution < -0.4 is 10.1 Å². The molecule has 4 aromatic rings. The average Bonchev–Trinajstić information content (AvgIpc) is 3.27. The molecule has 168 valence electrons. The first kappa shape index (κ1) is 22.5. The van der Waals surface area contributed by atoms with Crippen LogP contribution in [-0.4, -0.2) is 27.8 Å². The van der Waals surface area contributed by atoms with Crippen molar-refractivity contribution in [2.45, 2.75) is 19.4 Å². The van der Waals surface area contributed by atoms with Gasteiger partial charge in [0.15, 0.2) is 0 Å². The number of nitrogens with zero attached hydrogens (tertiary/aromatic N) is 3. The lowest BCUT2D eigenvalue weighted by molar-refractivity contribution is -0.121. The number of nitrogens with one attached hydrogen (secondary N) is 1. The second-order valence-corrected chi connectivity index (χ2v) is 7.79. The highest BCUT2D eigenvalue weighted by molar-refractivity contribution is 6.29. The molecule has 0 fully saturated rings. The van der Waals surface area contributed by atoms with Crippen LogP contribution in [0.15, 0.2) is 72.9 Å². The number of hydrogen-bond acceptors (Lipinski definition) is 4. The molecule has 0 aliphatic heterocycles. The van der Waals surface area contributed by atoms with Crippen LogP contribution in [0.5, 0.6) is 5.75 Å². The van der Waals surface area contributed by atoms with Crippen molar-refractivity contribution in [3.05, 3.63) is 95.2 Å². The van der Waals surface area contributed by atoms with E-state index in [1.54, 1.807) is 30.1 Å². The minimum atomic E-state index is -0.326. The van der Waals surface area contributed by atoms with Crippen LogP contribution in [0.3, 0.4) is 0 Å². The van der Waals surface area contributed by atoms with Gasteiger partial charge in [-0.05, 0) is 54.1 Å². The summed E-state index contributed by atoms with van der Waals surface area (Å²) in [5.74, 6) is 0.301. The van der Waals surface area contributed by atoms with Gasteiger partial charge >= 0.3 is 0 Å². The number of aromatic nitrogens is 3. The molecule has 0 atom stereocenters. The Kier molecular flexibility index (Phi) is 7.00. The number of amides is 1. The summed E-state index contributed by atoms with van der Waals surface area (Å²) >= 11 is 5.78. The SMILES string of the molecule is COc1ccc(-n2nc(CCC(=O)NCc3ccc(Cl)nc3)cc2-c2cccc(F)c2)cc1. The number of ether oxygens (including phenoxy) is 1. The van der Waals surface area contributed by atoms with Crippen LogP contribution in [0.1, 0.15) is 17.7 Å². The molecule has 0 saturated heterocycles. The zero-order chi connectivity index (χ0) is 23.2. The summed E-state index contributed by atoms with van der Waals surface area (Å²) in [6.45, 7) is 0.373. The molecule has 0 radical (unpaired) electrons. The first-order valence-electron chi connectivity index (χ1n) is 10.4. The van der Waals surface area contributed by atoms with E-state index in [2.05, 4.69) is 10.3 Å². The molecule has 2 aromatic heterocycles. The summed E-state index contributed by atoms with van der Waals surface area (Å²) in [5.41, 5.74) is 3.84. The van der Waals surface area contributed by atoms with Gasteiger partial charge in [0.2, 0.25) is 5.91 Å². The van der Waals surface area contributed by atoms with Gasteiger partial charge in [0.1, 0.15) is 16.7 Å². The summed E-state index contributed by atoms with van der Waals surface area (Å²) in [4.78, 5) is 16.4. The highest BCUT2D eigenvalue weighted by atomic mass is 35.5. The van der Waals surface area contributed by atoms with E-state index in [-0.39, 0.29) is 18.1 Å². The van der Waals surface area contributed by atoms with Gasteiger partial charge in [-0.25, -0.2) is 14.1 Å². The van der Waals surface area contributed by atoms with Crippen molar-refractivity contribution in [2.24, 2.45) is 0 Å². The first-order valence-corrected chi connectivity index (χ1v) is 10.8. The summed E-state index contributed by atoms with van der Waals surface area (Å²) in [6, 6.07) is 19.2. The molecule has 1 N–H and O–H groups in total. The van der Waals surface area contributed by atoms with Crippen LogP contribution in [-0.2, 0) is 17.8 Å². The molecule has 33 heavy (non-hydrogen) atoms. The highest BCUT2D eigenvalue weighted by Crippen LogP contribution is 2.26. The van der Waals surface area contributed by atoms with Gasteiger partial charge in [0.05, 0.1) is 24.2 Å². The van der Waals surface area contributed by atoms with E-state index in [1.807, 2.05) is 42.5 Å². The fourth-order valence-electron chi connectivity index (χ4n) is 3.37. The number of hydrogen-bond donors (Lipinski definition) is 1. The van der Waals surface area contributed by atoms with Crippen molar-refractivity contribution in [1.29, 1.82) is 0 Å². The number of pyridine rings is 1. The Hall–Kier alpha value is -3.71. The Balaban J connectivity index is 1.50. The van der Waals surface area contributed by atoms with Crippen molar-refractivity contribution in [2.75, 3.05) is 7.11 Å². The van der Waals surface area contributed by atoms with Crippen molar-refractivity contribution in [3.8, 4) is 22.7 Å². The maximum Gasteiger partial charge on any atom is 0.220 e. The lowest BCUT2D eigenvalue weighted by Crippen LogP contribution is -2.23. The van der Waals surface area contributed by atoms with Crippen molar-refractivity contribution < 1.29 is 13.9 Å². The molecule has 0 aliphatic carbocycles. The normalized spacial score (nSPS) is 10.8. The van der Waals surface area contributed by atoms with Crippen LogP contribution in [0, 0.1) is 5.82 Å². The van der Waals surface area contributed by atoms with Gasteiger partial charge in [0, 0.05) is 31.1 Å². The van der Waals surface area contributed by atoms with E-state index >= 15 is 0 Å². The number of carbonyl (C=O) groups excluding carboxylic acids is 1. The Labute approximate surface area is 196 Å². The van der Waals surface area contributed by atoms with E-state index in [9.17, 15) is 9.18 Å². The van der Waals surface area contributed by atoms with E-state index in [4.69, 9.17) is 21.4 Å². The van der Waals surface area contributed by atoms with Crippen LogP contribution in [0.25, 0.3) is 16.9 Å². The predicted molar refractivity (Wildman–Crippen MR) is 125 cm³/mol. The summed E-state index contributed by atoms with van der Waals surface area (Å²) in [6.07, 6.45) is 2.34. The lowest BCUT2D eigenvalue weighted by atomic mass is 10.1. The lowest BCUT2D eigenvalue weighted by Gasteiger charge is -2.08. The molecule has 0 saturated carbocycles. The van der Waals surface area contributed by atoms with Crippen molar-refractivity contribution in [1.82, 2.24) is 20.1 Å². The summed E-state index contributed by atoms with van der Waals surface area (Å²) < 4.78 is 20.9. The average molecular weight is 465 g/mol. The van der Waals surface area contributed by atoms with Crippen LogP contribution in [0.4, 0.5) is 4.39 Å². The Morgan fingerprint density at radius 1 is 1.12 bits per heavy atom. The minimum absolute atomic E-state index is 0.101. The van der Waals surface area contributed by atoms with Crippen molar-refractivity contribution in [3.63, 3.8) is 0 Å². The Morgan fingerprint density at radius 3 is 2.64 bits per heavy atom. The van der Waals surface area contributed by atoms with Crippen molar-refractivity contribution >= 4 is 17.5 Å². The molecule has 2 aromatic carbocycles. The zero-order valence-corrected chi connectivity index (χ0v) is 18.7. The fraction of sp³-hybridized carbons (Fsp3) is 0.160. The molecular formula is C25H22ClFN4O2. The van der Waals surface area contributed by atoms with Gasteiger partial charge < -0.3 is 10.1 Å². The quantitative estimate of drug-likeness (QED) is 0.373. The molecule has 0 unspecified atom stereocenters. The second kappa shape index (κ2) is 10.3. The van der Waals surface area contributed by atoms with Gasteiger partial charge in [-0.3, -0.25) is 4.79 Å². The van der Waals surface area contributed by atoms with Gasteiger partial charge in [-0.1, -0.05) is 29.8 Å². The molecule has 0 bridgehead atoms. The van der Waals surface area contributed by atoms with Gasteiger partial charge in [-0.15, -0.1) is 0 Å². The monoisotopic (exact) mass is 464 g/mol. The molecule has 8 heteroatoms. The van der Waals surface area contributed by atoms with E-state index < -0.39 is 0 Å². The minimum Gasteiger partial charge on any atom is -0.497 e. The predicted octanol–water partition coefficient (Wildman–Crippen LogP) is 4.98. The second-order valence-electron chi connectivity index (χ2n) is 7.41. The maximum absolute atomic E-state index is 13.9. The summed E-state index contributed by atoms with van der Waals surface area (Å²) in [7, 11) is 1.60. The molecule has 4 rings (SSSR count). The molecule has 2 heterocycles. The summed E-state index contributed by atoms with van der Waals surface area (Å²) in [5, 5.41) is 7.97. The standard InChI is InChI=1S/C25H22ClFN4O2/c1-33-22-9-7-21(8-10-22)31-23(18-3-2-4-19(27)13-18)14-20(30-31)6-12-25(32)29-16-17-5-11-24(26)28-15-17/h2-5,7-11,13-15H,6,12,16H2,1H3,(H,29,32).